The lowest BCUT2D eigenvalue weighted by molar-refractivity contribution is 0.138. The number of hydrogen-bond donors (Lipinski definition) is 1. The van der Waals surface area contributed by atoms with Gasteiger partial charge >= 0.3 is 0 Å². The van der Waals surface area contributed by atoms with Crippen molar-refractivity contribution in [3.63, 3.8) is 0 Å². The predicted molar refractivity (Wildman–Crippen MR) is 89.8 cm³/mol. The molecule has 1 aliphatic heterocycles. The number of hydrogen-bond acceptors (Lipinski definition) is 2. The van der Waals surface area contributed by atoms with E-state index in [4.69, 9.17) is 10.5 Å². The highest BCUT2D eigenvalue weighted by Crippen LogP contribution is 2.37. The minimum absolute atomic E-state index is 0.114. The molecule has 2 aromatic carbocycles. The van der Waals surface area contributed by atoms with Gasteiger partial charge in [0.15, 0.2) is 0 Å². The fraction of sp³-hybridized carbons (Fsp3) is 0.333. The molecule has 0 saturated carbocycles. The first-order chi connectivity index (χ1) is 9.87. The maximum atomic E-state index is 6.49. The lowest BCUT2D eigenvalue weighted by Crippen LogP contribution is -2.24. The molecule has 3 rings (SSSR count). The van der Waals surface area contributed by atoms with Crippen molar-refractivity contribution in [2.45, 2.75) is 38.8 Å². The number of benzene rings is 2. The van der Waals surface area contributed by atoms with Gasteiger partial charge in [-0.2, -0.15) is 0 Å². The number of fused-ring (bicyclic) bond motifs is 1. The summed E-state index contributed by atoms with van der Waals surface area (Å²) in [6, 6.07) is 12.4. The van der Waals surface area contributed by atoms with E-state index in [2.05, 4.69) is 54.9 Å². The smallest absolute Gasteiger partial charge is 0.123 e. The van der Waals surface area contributed by atoms with Crippen molar-refractivity contribution in [1.82, 2.24) is 0 Å². The average molecular weight is 346 g/mol. The van der Waals surface area contributed by atoms with Crippen LogP contribution in [0.25, 0.3) is 0 Å². The second kappa shape index (κ2) is 5.15. The molecule has 110 valence electrons. The zero-order chi connectivity index (χ0) is 15.2. The largest absolute Gasteiger partial charge is 0.487 e. The molecule has 2 nitrogen and oxygen atoms in total. The summed E-state index contributed by atoms with van der Waals surface area (Å²) in [5.41, 5.74) is 11.1. The van der Waals surface area contributed by atoms with Crippen molar-refractivity contribution < 1.29 is 4.74 Å². The van der Waals surface area contributed by atoms with Crippen molar-refractivity contribution >= 4 is 15.9 Å². The first-order valence-electron chi connectivity index (χ1n) is 7.20. The summed E-state index contributed by atoms with van der Waals surface area (Å²) in [6.07, 6.45) is 0.931. The number of halogens is 1. The van der Waals surface area contributed by atoms with Gasteiger partial charge in [0.05, 0.1) is 6.04 Å². The highest BCUT2D eigenvalue weighted by atomic mass is 79.9. The molecule has 1 unspecified atom stereocenters. The van der Waals surface area contributed by atoms with Crippen LogP contribution in [0.2, 0.25) is 0 Å². The van der Waals surface area contributed by atoms with Crippen LogP contribution < -0.4 is 10.5 Å². The molecule has 2 N–H and O–H groups in total. The summed E-state index contributed by atoms with van der Waals surface area (Å²) in [4.78, 5) is 0. The summed E-state index contributed by atoms with van der Waals surface area (Å²) in [5, 5.41) is 0. The van der Waals surface area contributed by atoms with Crippen LogP contribution in [0.4, 0.5) is 0 Å². The van der Waals surface area contributed by atoms with Gasteiger partial charge in [-0.05, 0) is 55.2 Å². The van der Waals surface area contributed by atoms with Crippen molar-refractivity contribution in [2.75, 3.05) is 0 Å². The molecule has 0 aromatic heterocycles. The topological polar surface area (TPSA) is 35.2 Å². The Labute approximate surface area is 134 Å². The fourth-order valence-electron chi connectivity index (χ4n) is 2.96. The van der Waals surface area contributed by atoms with Crippen molar-refractivity contribution in [3.05, 3.63) is 63.1 Å². The van der Waals surface area contributed by atoms with Crippen LogP contribution >= 0.6 is 15.9 Å². The van der Waals surface area contributed by atoms with Gasteiger partial charge in [-0.3, -0.25) is 0 Å². The van der Waals surface area contributed by atoms with Crippen LogP contribution in [-0.2, 0) is 6.42 Å². The molecule has 3 heteroatoms. The minimum Gasteiger partial charge on any atom is -0.487 e. The summed E-state index contributed by atoms with van der Waals surface area (Å²) >= 11 is 3.58. The SMILES string of the molecule is Cc1c(Br)cccc1C(N)c1ccc2c(c1)CC(C)(C)O2. The van der Waals surface area contributed by atoms with Crippen LogP contribution in [0.15, 0.2) is 40.9 Å². The standard InChI is InChI=1S/C18H20BrNO/c1-11-14(5-4-6-15(11)19)17(20)12-7-8-16-13(9-12)10-18(2,3)21-16/h4-9,17H,10,20H2,1-3H3. The molecule has 0 radical (unpaired) electrons. The van der Waals surface area contributed by atoms with E-state index in [-0.39, 0.29) is 11.6 Å². The predicted octanol–water partition coefficient (Wildman–Crippen LogP) is 4.52. The Balaban J connectivity index is 1.97. The highest BCUT2D eigenvalue weighted by Gasteiger charge is 2.30. The average Bonchev–Trinajstić information content (AvgIpc) is 2.73. The van der Waals surface area contributed by atoms with Gasteiger partial charge in [0, 0.05) is 10.9 Å². The molecule has 1 heterocycles. The lowest BCUT2D eigenvalue weighted by Gasteiger charge is -2.17. The Hall–Kier alpha value is -1.32. The minimum atomic E-state index is -0.114. The van der Waals surface area contributed by atoms with Crippen LogP contribution in [0.3, 0.4) is 0 Å². The van der Waals surface area contributed by atoms with Crippen LogP contribution in [0, 0.1) is 6.92 Å². The number of ether oxygens (including phenoxy) is 1. The molecule has 0 fully saturated rings. The summed E-state index contributed by atoms with van der Waals surface area (Å²) in [6.45, 7) is 6.33. The quantitative estimate of drug-likeness (QED) is 0.868. The molecular weight excluding hydrogens is 326 g/mol. The number of rotatable bonds is 2. The van der Waals surface area contributed by atoms with Gasteiger partial charge in [0.2, 0.25) is 0 Å². The molecule has 1 aliphatic rings. The Bertz CT molecular complexity index is 694. The van der Waals surface area contributed by atoms with E-state index in [1.54, 1.807) is 0 Å². The van der Waals surface area contributed by atoms with E-state index in [9.17, 15) is 0 Å². The van der Waals surface area contributed by atoms with E-state index in [0.717, 1.165) is 27.8 Å². The first kappa shape index (κ1) is 14.6. The zero-order valence-corrected chi connectivity index (χ0v) is 14.2. The Kier molecular flexibility index (Phi) is 3.58. The summed E-state index contributed by atoms with van der Waals surface area (Å²) in [5.74, 6) is 0.988. The molecule has 0 aliphatic carbocycles. The van der Waals surface area contributed by atoms with Gasteiger partial charge in [-0.25, -0.2) is 0 Å². The molecule has 0 bridgehead atoms. The monoisotopic (exact) mass is 345 g/mol. The van der Waals surface area contributed by atoms with E-state index < -0.39 is 0 Å². The highest BCUT2D eigenvalue weighted by molar-refractivity contribution is 9.10. The number of nitrogens with two attached hydrogens (primary N) is 1. The molecule has 21 heavy (non-hydrogen) atoms. The van der Waals surface area contributed by atoms with Gasteiger partial charge in [0.25, 0.3) is 0 Å². The zero-order valence-electron chi connectivity index (χ0n) is 12.6. The second-order valence-electron chi connectivity index (χ2n) is 6.34. The van der Waals surface area contributed by atoms with Crippen LogP contribution in [0.5, 0.6) is 5.75 Å². The maximum absolute atomic E-state index is 6.49. The third-order valence-electron chi connectivity index (χ3n) is 4.09. The summed E-state index contributed by atoms with van der Waals surface area (Å²) in [7, 11) is 0. The summed E-state index contributed by atoms with van der Waals surface area (Å²) < 4.78 is 7.03. The molecular formula is C18H20BrNO. The molecule has 0 saturated heterocycles. The lowest BCUT2D eigenvalue weighted by atomic mass is 9.93. The Morgan fingerprint density at radius 2 is 2.00 bits per heavy atom. The maximum Gasteiger partial charge on any atom is 0.123 e. The molecule has 2 aromatic rings. The molecule has 0 spiro atoms. The van der Waals surface area contributed by atoms with E-state index in [1.807, 2.05) is 18.2 Å². The van der Waals surface area contributed by atoms with Gasteiger partial charge in [0.1, 0.15) is 11.4 Å². The van der Waals surface area contributed by atoms with Gasteiger partial charge < -0.3 is 10.5 Å². The van der Waals surface area contributed by atoms with Crippen molar-refractivity contribution in [1.29, 1.82) is 0 Å². The third-order valence-corrected chi connectivity index (χ3v) is 4.95. The van der Waals surface area contributed by atoms with Gasteiger partial charge in [-0.1, -0.05) is 40.2 Å². The van der Waals surface area contributed by atoms with Crippen LogP contribution in [0.1, 0.15) is 42.1 Å². The second-order valence-corrected chi connectivity index (χ2v) is 7.19. The normalized spacial score (nSPS) is 17.2. The van der Waals surface area contributed by atoms with Crippen molar-refractivity contribution in [2.24, 2.45) is 5.73 Å². The van der Waals surface area contributed by atoms with E-state index in [1.165, 1.54) is 11.1 Å². The Morgan fingerprint density at radius 3 is 2.76 bits per heavy atom. The first-order valence-corrected chi connectivity index (χ1v) is 7.99. The molecule has 0 amide bonds. The Morgan fingerprint density at radius 1 is 1.24 bits per heavy atom. The third kappa shape index (κ3) is 2.72. The van der Waals surface area contributed by atoms with Crippen molar-refractivity contribution in [3.8, 4) is 5.75 Å². The fourth-order valence-corrected chi connectivity index (χ4v) is 3.35. The molecule has 1 atom stereocenters. The van der Waals surface area contributed by atoms with E-state index >= 15 is 0 Å². The van der Waals surface area contributed by atoms with E-state index in [0.29, 0.717) is 0 Å². The van der Waals surface area contributed by atoms with Crippen LogP contribution in [-0.4, -0.2) is 5.60 Å². The van der Waals surface area contributed by atoms with Gasteiger partial charge in [-0.15, -0.1) is 0 Å².